The smallest absolute Gasteiger partial charge is 0.191 e. The first-order valence-electron chi connectivity index (χ1n) is 8.48. The van der Waals surface area contributed by atoms with Crippen molar-refractivity contribution >= 4 is 5.96 Å². The van der Waals surface area contributed by atoms with E-state index in [2.05, 4.69) is 15.6 Å². The van der Waals surface area contributed by atoms with Crippen molar-refractivity contribution in [2.75, 3.05) is 47.1 Å². The van der Waals surface area contributed by atoms with Gasteiger partial charge in [-0.05, 0) is 30.9 Å². The molecule has 24 heavy (non-hydrogen) atoms. The highest BCUT2D eigenvalue weighted by Crippen LogP contribution is 2.48. The van der Waals surface area contributed by atoms with E-state index in [1.165, 1.54) is 6.07 Å². The molecule has 1 saturated carbocycles. The summed E-state index contributed by atoms with van der Waals surface area (Å²) < 4.78 is 24.4. The van der Waals surface area contributed by atoms with Crippen LogP contribution in [0.15, 0.2) is 29.3 Å². The topological polar surface area (TPSA) is 54.9 Å². The van der Waals surface area contributed by atoms with Crippen molar-refractivity contribution in [3.8, 4) is 0 Å². The van der Waals surface area contributed by atoms with Gasteiger partial charge in [0.1, 0.15) is 5.82 Å². The molecule has 0 saturated heterocycles. The second-order valence-corrected chi connectivity index (χ2v) is 6.07. The largest absolute Gasteiger partial charge is 0.382 e. The number of nitrogens with zero attached hydrogens (tertiary/aromatic N) is 1. The van der Waals surface area contributed by atoms with Gasteiger partial charge in [0.05, 0.1) is 13.2 Å². The highest BCUT2D eigenvalue weighted by molar-refractivity contribution is 5.79. The van der Waals surface area contributed by atoms with E-state index in [0.717, 1.165) is 37.3 Å². The van der Waals surface area contributed by atoms with Gasteiger partial charge in [0.15, 0.2) is 5.96 Å². The van der Waals surface area contributed by atoms with Crippen LogP contribution in [0.2, 0.25) is 0 Å². The number of nitrogens with one attached hydrogen (secondary N) is 2. The number of aliphatic imine (C=N–C) groups is 1. The molecule has 0 heterocycles. The van der Waals surface area contributed by atoms with Crippen LogP contribution in [-0.4, -0.2) is 53.0 Å². The average molecular weight is 337 g/mol. The molecule has 0 aromatic heterocycles. The van der Waals surface area contributed by atoms with Gasteiger partial charge >= 0.3 is 0 Å². The second kappa shape index (κ2) is 9.59. The average Bonchev–Trinajstić information content (AvgIpc) is 3.38. The van der Waals surface area contributed by atoms with Crippen molar-refractivity contribution in [3.05, 3.63) is 35.6 Å². The zero-order valence-electron chi connectivity index (χ0n) is 14.6. The lowest BCUT2D eigenvalue weighted by Gasteiger charge is -2.19. The van der Waals surface area contributed by atoms with E-state index in [1.807, 2.05) is 12.1 Å². The lowest BCUT2D eigenvalue weighted by molar-refractivity contribution is 0.0698. The summed E-state index contributed by atoms with van der Waals surface area (Å²) >= 11 is 0. The predicted molar refractivity (Wildman–Crippen MR) is 94.0 cm³/mol. The molecule has 2 N–H and O–H groups in total. The molecule has 0 radical (unpaired) electrons. The van der Waals surface area contributed by atoms with Crippen LogP contribution in [0.5, 0.6) is 0 Å². The highest BCUT2D eigenvalue weighted by Gasteiger charge is 2.45. The number of guanidine groups is 1. The maximum atomic E-state index is 14.0. The third-order valence-electron chi connectivity index (χ3n) is 4.31. The van der Waals surface area contributed by atoms with E-state index in [9.17, 15) is 4.39 Å². The summed E-state index contributed by atoms with van der Waals surface area (Å²) in [6.07, 6.45) is 2.90. The first-order chi connectivity index (χ1) is 11.7. The molecule has 0 aliphatic heterocycles. The van der Waals surface area contributed by atoms with Crippen LogP contribution in [0.4, 0.5) is 4.39 Å². The number of ether oxygens (including phenoxy) is 2. The minimum Gasteiger partial charge on any atom is -0.382 e. The van der Waals surface area contributed by atoms with Crippen LogP contribution in [0.3, 0.4) is 0 Å². The number of hydrogen-bond donors (Lipinski definition) is 2. The Balaban J connectivity index is 1.69. The highest BCUT2D eigenvalue weighted by atomic mass is 19.1. The van der Waals surface area contributed by atoms with E-state index < -0.39 is 0 Å². The van der Waals surface area contributed by atoms with Gasteiger partial charge in [-0.3, -0.25) is 4.99 Å². The van der Waals surface area contributed by atoms with Gasteiger partial charge in [0, 0.05) is 39.3 Å². The minimum atomic E-state index is -0.118. The van der Waals surface area contributed by atoms with Crippen LogP contribution in [0.25, 0.3) is 0 Å². The molecule has 1 aromatic rings. The molecule has 6 heteroatoms. The first kappa shape index (κ1) is 18.7. The SMILES string of the molecule is CN=C(NCCCOCCOC)NCC1(c2ccccc2F)CC1. The standard InChI is InChI=1S/C18H28FN3O2/c1-20-17(21-10-5-11-24-13-12-23-2)22-14-18(8-9-18)15-6-3-4-7-16(15)19/h3-4,6-7H,5,8-14H2,1-2H3,(H2,20,21,22). The molecule has 1 fully saturated rings. The van der Waals surface area contributed by atoms with E-state index in [4.69, 9.17) is 9.47 Å². The van der Waals surface area contributed by atoms with Crippen LogP contribution in [0.1, 0.15) is 24.8 Å². The Morgan fingerprint density at radius 1 is 1.21 bits per heavy atom. The van der Waals surface area contributed by atoms with Crippen molar-refractivity contribution in [2.45, 2.75) is 24.7 Å². The second-order valence-electron chi connectivity index (χ2n) is 6.07. The normalized spacial score (nSPS) is 16.0. The summed E-state index contributed by atoms with van der Waals surface area (Å²) in [5.74, 6) is 0.627. The van der Waals surface area contributed by atoms with Crippen LogP contribution < -0.4 is 10.6 Å². The Kier molecular flexibility index (Phi) is 7.46. The molecular weight excluding hydrogens is 309 g/mol. The summed E-state index contributed by atoms with van der Waals surface area (Å²) in [6.45, 7) is 3.40. The Bertz CT molecular complexity index is 533. The maximum absolute atomic E-state index is 14.0. The van der Waals surface area contributed by atoms with E-state index >= 15 is 0 Å². The summed E-state index contributed by atoms with van der Waals surface area (Å²) in [5.41, 5.74) is 0.714. The van der Waals surface area contributed by atoms with Crippen LogP contribution in [0, 0.1) is 5.82 Å². The van der Waals surface area contributed by atoms with Crippen molar-refractivity contribution in [1.82, 2.24) is 10.6 Å². The summed E-state index contributed by atoms with van der Waals surface area (Å²) in [5, 5.41) is 6.58. The summed E-state index contributed by atoms with van der Waals surface area (Å²) in [6, 6.07) is 7.05. The molecule has 1 aromatic carbocycles. The molecule has 1 aliphatic carbocycles. The molecule has 0 unspecified atom stereocenters. The third-order valence-corrected chi connectivity index (χ3v) is 4.31. The molecule has 0 bridgehead atoms. The molecule has 1 aliphatic rings. The maximum Gasteiger partial charge on any atom is 0.191 e. The molecule has 134 valence electrons. The Labute approximate surface area is 143 Å². The zero-order chi connectivity index (χ0) is 17.3. The monoisotopic (exact) mass is 337 g/mol. The molecule has 5 nitrogen and oxygen atoms in total. The van der Waals surface area contributed by atoms with Gasteiger partial charge in [-0.25, -0.2) is 4.39 Å². The van der Waals surface area contributed by atoms with Gasteiger partial charge < -0.3 is 20.1 Å². The Morgan fingerprint density at radius 3 is 2.67 bits per heavy atom. The Morgan fingerprint density at radius 2 is 2.00 bits per heavy atom. The number of methoxy groups -OCH3 is 1. The predicted octanol–water partition coefficient (Wildman–Crippen LogP) is 2.08. The molecule has 0 amide bonds. The quantitative estimate of drug-likeness (QED) is 0.390. The fraction of sp³-hybridized carbons (Fsp3) is 0.611. The van der Waals surface area contributed by atoms with Gasteiger partial charge in [-0.15, -0.1) is 0 Å². The van der Waals surface area contributed by atoms with Gasteiger partial charge in [0.25, 0.3) is 0 Å². The lowest BCUT2D eigenvalue weighted by Crippen LogP contribution is -2.41. The van der Waals surface area contributed by atoms with Crippen molar-refractivity contribution in [1.29, 1.82) is 0 Å². The zero-order valence-corrected chi connectivity index (χ0v) is 14.6. The Hall–Kier alpha value is -1.66. The lowest BCUT2D eigenvalue weighted by atomic mass is 9.95. The first-order valence-corrected chi connectivity index (χ1v) is 8.48. The summed E-state index contributed by atoms with van der Waals surface area (Å²) in [4.78, 5) is 4.22. The van der Waals surface area contributed by atoms with E-state index in [-0.39, 0.29) is 11.2 Å². The van der Waals surface area contributed by atoms with Gasteiger partial charge in [0.2, 0.25) is 0 Å². The van der Waals surface area contributed by atoms with Gasteiger partial charge in [-0.2, -0.15) is 0 Å². The third kappa shape index (κ3) is 5.46. The van der Waals surface area contributed by atoms with E-state index in [1.54, 1.807) is 20.2 Å². The molecule has 0 spiro atoms. The van der Waals surface area contributed by atoms with E-state index in [0.29, 0.717) is 26.4 Å². The fourth-order valence-electron chi connectivity index (χ4n) is 2.68. The molecule has 2 rings (SSSR count). The molecule has 0 atom stereocenters. The van der Waals surface area contributed by atoms with Crippen LogP contribution >= 0.6 is 0 Å². The minimum absolute atomic E-state index is 0.0910. The van der Waals surface area contributed by atoms with Crippen molar-refractivity contribution in [3.63, 3.8) is 0 Å². The number of benzene rings is 1. The fourth-order valence-corrected chi connectivity index (χ4v) is 2.68. The van der Waals surface area contributed by atoms with Gasteiger partial charge in [-0.1, -0.05) is 18.2 Å². The van der Waals surface area contributed by atoms with Crippen molar-refractivity contribution in [2.24, 2.45) is 4.99 Å². The number of halogens is 1. The number of rotatable bonds is 10. The summed E-state index contributed by atoms with van der Waals surface area (Å²) in [7, 11) is 3.40. The molecular formula is C18H28FN3O2. The van der Waals surface area contributed by atoms with Crippen LogP contribution in [-0.2, 0) is 14.9 Å². The van der Waals surface area contributed by atoms with Crippen molar-refractivity contribution < 1.29 is 13.9 Å². The number of hydrogen-bond acceptors (Lipinski definition) is 3.